The van der Waals surface area contributed by atoms with Gasteiger partial charge in [-0.1, -0.05) is 12.1 Å². The zero-order valence-corrected chi connectivity index (χ0v) is 14.4. The average Bonchev–Trinajstić information content (AvgIpc) is 2.76. The smallest absolute Gasteiger partial charge is 0.140 e. The zero-order valence-electron chi connectivity index (χ0n) is 12.8. The number of hydrogen-bond donors (Lipinski definition) is 1. The molecule has 0 saturated carbocycles. The van der Waals surface area contributed by atoms with E-state index in [-0.39, 0.29) is 30.4 Å². The summed E-state index contributed by atoms with van der Waals surface area (Å²) >= 11 is 0. The number of benzene rings is 1. The molecule has 0 unspecified atom stereocenters. The van der Waals surface area contributed by atoms with Crippen LogP contribution in [0.25, 0.3) is 11.3 Å². The van der Waals surface area contributed by atoms with Crippen molar-refractivity contribution in [2.75, 3.05) is 13.1 Å². The van der Waals surface area contributed by atoms with Crippen molar-refractivity contribution in [2.24, 2.45) is 7.05 Å². The fourth-order valence-electron chi connectivity index (χ4n) is 3.71. The van der Waals surface area contributed by atoms with Crippen molar-refractivity contribution >= 4 is 24.8 Å². The van der Waals surface area contributed by atoms with Gasteiger partial charge in [-0.05, 0) is 32.1 Å². The number of fused-ring (bicyclic) bond motifs is 4. The average molecular weight is 342 g/mol. The first-order valence-corrected chi connectivity index (χ1v) is 7.24. The normalized spacial score (nSPS) is 17.5. The Balaban J connectivity index is 0.000000882. The van der Waals surface area contributed by atoms with Crippen molar-refractivity contribution in [1.29, 1.82) is 0 Å². The third-order valence-corrected chi connectivity index (χ3v) is 4.54. The first-order valence-electron chi connectivity index (χ1n) is 7.24. The Morgan fingerprint density at radius 3 is 2.59 bits per heavy atom. The number of nitrogens with zero attached hydrogens (tertiary/aromatic N) is 2. The molecule has 1 N–H and O–H groups in total. The Labute approximate surface area is 143 Å². The van der Waals surface area contributed by atoms with Crippen LogP contribution in [0, 0.1) is 6.92 Å². The summed E-state index contributed by atoms with van der Waals surface area (Å²) in [6, 6.07) is 8.31. The lowest BCUT2D eigenvalue weighted by atomic mass is 9.80. The summed E-state index contributed by atoms with van der Waals surface area (Å²) in [6.07, 6.45) is 2.00. The number of rotatable bonds is 0. The number of halogens is 2. The molecule has 1 saturated heterocycles. The molecule has 1 spiro atoms. The lowest BCUT2D eigenvalue weighted by molar-refractivity contribution is 0.0301. The molecule has 0 amide bonds. The van der Waals surface area contributed by atoms with E-state index in [2.05, 4.69) is 35.5 Å². The zero-order chi connectivity index (χ0) is 13.7. The second kappa shape index (κ2) is 6.11. The number of para-hydroxylation sites is 1. The third-order valence-electron chi connectivity index (χ3n) is 4.54. The molecule has 2 aliphatic rings. The van der Waals surface area contributed by atoms with Gasteiger partial charge in [-0.2, -0.15) is 5.10 Å². The Kier molecular flexibility index (Phi) is 4.76. The van der Waals surface area contributed by atoms with Crippen molar-refractivity contribution in [2.45, 2.75) is 25.4 Å². The lowest BCUT2D eigenvalue weighted by Gasteiger charge is -2.42. The minimum absolute atomic E-state index is 0. The number of nitrogens with one attached hydrogen (secondary N) is 1. The van der Waals surface area contributed by atoms with Gasteiger partial charge in [0.05, 0.1) is 11.4 Å². The van der Waals surface area contributed by atoms with Gasteiger partial charge in [0.1, 0.15) is 11.4 Å². The quantitative estimate of drug-likeness (QED) is 0.799. The predicted octanol–water partition coefficient (Wildman–Crippen LogP) is 3.21. The molecule has 2 aliphatic heterocycles. The molecule has 4 nitrogen and oxygen atoms in total. The van der Waals surface area contributed by atoms with Crippen LogP contribution < -0.4 is 10.1 Å². The summed E-state index contributed by atoms with van der Waals surface area (Å²) in [5, 5.41) is 8.09. The van der Waals surface area contributed by atoms with Crippen molar-refractivity contribution in [1.82, 2.24) is 15.1 Å². The van der Waals surface area contributed by atoms with E-state index in [9.17, 15) is 0 Å². The second-order valence-electron chi connectivity index (χ2n) is 5.78. The molecule has 0 radical (unpaired) electrons. The van der Waals surface area contributed by atoms with Crippen molar-refractivity contribution in [3.8, 4) is 17.0 Å². The van der Waals surface area contributed by atoms with Crippen LogP contribution >= 0.6 is 24.8 Å². The van der Waals surface area contributed by atoms with Gasteiger partial charge in [-0.25, -0.2) is 0 Å². The monoisotopic (exact) mass is 341 g/mol. The van der Waals surface area contributed by atoms with E-state index in [1.807, 2.05) is 17.8 Å². The molecular weight excluding hydrogens is 321 g/mol. The Hall–Kier alpha value is -1.23. The SMILES string of the molecule is Cc1nn(C)c2c1C1(CCNCC1)Oc1ccccc1-2.Cl.Cl. The molecule has 22 heavy (non-hydrogen) atoms. The minimum atomic E-state index is -0.201. The highest BCUT2D eigenvalue weighted by Crippen LogP contribution is 2.49. The maximum atomic E-state index is 6.49. The van der Waals surface area contributed by atoms with Gasteiger partial charge in [0.2, 0.25) is 0 Å². The van der Waals surface area contributed by atoms with Crippen LogP contribution in [0.2, 0.25) is 0 Å². The molecule has 120 valence electrons. The molecule has 0 atom stereocenters. The van der Waals surface area contributed by atoms with E-state index in [4.69, 9.17) is 4.74 Å². The molecule has 6 heteroatoms. The van der Waals surface area contributed by atoms with Gasteiger partial charge >= 0.3 is 0 Å². The van der Waals surface area contributed by atoms with E-state index < -0.39 is 0 Å². The molecule has 0 aliphatic carbocycles. The summed E-state index contributed by atoms with van der Waals surface area (Å²) in [4.78, 5) is 0. The number of piperidine rings is 1. The van der Waals surface area contributed by atoms with Crippen LogP contribution in [-0.2, 0) is 12.6 Å². The van der Waals surface area contributed by atoms with Gasteiger partial charge in [-0.15, -0.1) is 24.8 Å². The lowest BCUT2D eigenvalue weighted by Crippen LogP contribution is -2.45. The molecule has 4 rings (SSSR count). The molecule has 3 heterocycles. The van der Waals surface area contributed by atoms with Gasteiger partial charge in [0.15, 0.2) is 0 Å². The highest BCUT2D eigenvalue weighted by Gasteiger charge is 2.45. The number of aryl methyl sites for hydroxylation is 2. The van der Waals surface area contributed by atoms with Gasteiger partial charge in [0, 0.05) is 31.0 Å². The number of hydrogen-bond acceptors (Lipinski definition) is 3. The summed E-state index contributed by atoms with van der Waals surface area (Å²) in [5.74, 6) is 0.991. The highest BCUT2D eigenvalue weighted by atomic mass is 35.5. The first kappa shape index (κ1) is 17.1. The van der Waals surface area contributed by atoms with Crippen LogP contribution in [0.3, 0.4) is 0 Å². The Bertz CT molecular complexity index is 678. The van der Waals surface area contributed by atoms with Crippen molar-refractivity contribution < 1.29 is 4.74 Å². The van der Waals surface area contributed by atoms with Crippen molar-refractivity contribution in [3.05, 3.63) is 35.5 Å². The molecular formula is C16H21Cl2N3O. The fourth-order valence-corrected chi connectivity index (χ4v) is 3.71. The molecule has 1 aromatic carbocycles. The van der Waals surface area contributed by atoms with E-state index in [0.717, 1.165) is 42.9 Å². The Morgan fingerprint density at radius 2 is 1.86 bits per heavy atom. The van der Waals surface area contributed by atoms with Crippen LogP contribution in [0.1, 0.15) is 24.1 Å². The number of ether oxygens (including phenoxy) is 1. The minimum Gasteiger partial charge on any atom is -0.482 e. The Morgan fingerprint density at radius 1 is 1.18 bits per heavy atom. The van der Waals surface area contributed by atoms with E-state index in [0.29, 0.717) is 0 Å². The van der Waals surface area contributed by atoms with Gasteiger partial charge in [0.25, 0.3) is 0 Å². The summed E-state index contributed by atoms with van der Waals surface area (Å²) in [5.41, 5.74) is 4.58. The van der Waals surface area contributed by atoms with Crippen LogP contribution in [0.4, 0.5) is 0 Å². The van der Waals surface area contributed by atoms with Crippen LogP contribution in [0.15, 0.2) is 24.3 Å². The summed E-state index contributed by atoms with van der Waals surface area (Å²) in [7, 11) is 2.03. The van der Waals surface area contributed by atoms with Crippen molar-refractivity contribution in [3.63, 3.8) is 0 Å². The maximum absolute atomic E-state index is 6.49. The molecule has 1 fully saturated rings. The second-order valence-corrected chi connectivity index (χ2v) is 5.78. The largest absolute Gasteiger partial charge is 0.482 e. The molecule has 2 aromatic rings. The van der Waals surface area contributed by atoms with E-state index in [1.54, 1.807) is 0 Å². The first-order chi connectivity index (χ1) is 9.71. The topological polar surface area (TPSA) is 39.1 Å². The molecule has 1 aromatic heterocycles. The predicted molar refractivity (Wildman–Crippen MR) is 92.3 cm³/mol. The number of aromatic nitrogens is 2. The van der Waals surface area contributed by atoms with E-state index >= 15 is 0 Å². The highest BCUT2D eigenvalue weighted by molar-refractivity contribution is 5.85. The summed E-state index contributed by atoms with van der Waals surface area (Å²) in [6.45, 7) is 4.09. The van der Waals surface area contributed by atoms with Gasteiger partial charge in [-0.3, -0.25) is 4.68 Å². The third kappa shape index (κ3) is 2.30. The standard InChI is InChI=1S/C16H19N3O.2ClH/c1-11-14-15(19(2)18-11)12-5-3-4-6-13(12)20-16(14)7-9-17-10-8-16;;/h3-6,17H,7-10H2,1-2H3;2*1H. The van der Waals surface area contributed by atoms with Crippen LogP contribution in [-0.4, -0.2) is 22.9 Å². The van der Waals surface area contributed by atoms with E-state index in [1.165, 1.54) is 11.3 Å². The molecule has 0 bridgehead atoms. The fraction of sp³-hybridized carbons (Fsp3) is 0.438. The maximum Gasteiger partial charge on any atom is 0.140 e. The van der Waals surface area contributed by atoms with Gasteiger partial charge < -0.3 is 10.1 Å². The van der Waals surface area contributed by atoms with Crippen LogP contribution in [0.5, 0.6) is 5.75 Å². The summed E-state index contributed by atoms with van der Waals surface area (Å²) < 4.78 is 8.50.